The highest BCUT2D eigenvalue weighted by Gasteiger charge is 2.17. The smallest absolute Gasteiger partial charge is 0.257 e. The van der Waals surface area contributed by atoms with Gasteiger partial charge in [0.1, 0.15) is 0 Å². The average Bonchev–Trinajstić information content (AvgIpc) is 2.68. The van der Waals surface area contributed by atoms with E-state index in [1.807, 2.05) is 20.8 Å². The number of likely N-dealkylation sites (N-methyl/N-ethyl adjacent to an activating group) is 1. The van der Waals surface area contributed by atoms with Crippen LogP contribution in [0, 0.1) is 0 Å². The lowest BCUT2D eigenvalue weighted by atomic mass is 10.1. The Morgan fingerprint density at radius 2 is 1.57 bits per heavy atom. The number of carbonyl (C=O) groups is 3. The summed E-state index contributed by atoms with van der Waals surface area (Å²) in [4.78, 5) is 38.9. The molecule has 0 aliphatic heterocycles. The fourth-order valence-electron chi connectivity index (χ4n) is 2.76. The Balaban J connectivity index is 2.02. The quantitative estimate of drug-likeness (QED) is 0.568. The Hall–Kier alpha value is -2.90. The number of nitrogens with zero attached hydrogens (tertiary/aromatic N) is 1. The second-order valence-electron chi connectivity index (χ2n) is 7.08. The summed E-state index contributed by atoms with van der Waals surface area (Å²) in [6.07, 6.45) is 0. The number of halogens is 1. The first-order valence-electron chi connectivity index (χ1n) is 9.76. The van der Waals surface area contributed by atoms with Crippen molar-refractivity contribution in [3.8, 4) is 0 Å². The van der Waals surface area contributed by atoms with Crippen LogP contribution < -0.4 is 16.0 Å². The van der Waals surface area contributed by atoms with E-state index in [1.54, 1.807) is 53.4 Å². The summed E-state index contributed by atoms with van der Waals surface area (Å²) in [6, 6.07) is 13.6. The third kappa shape index (κ3) is 7.50. The number of carbonyl (C=O) groups excluding carboxylic acids is 3. The number of rotatable bonds is 9. The first-order chi connectivity index (χ1) is 14.3. The molecule has 0 aliphatic rings. The number of amides is 3. The highest BCUT2D eigenvalue weighted by atomic mass is 35.5. The molecule has 2 aromatic rings. The average molecular weight is 431 g/mol. The molecule has 0 fully saturated rings. The Morgan fingerprint density at radius 1 is 0.933 bits per heavy atom. The third-order valence-corrected chi connectivity index (χ3v) is 4.43. The zero-order chi connectivity index (χ0) is 22.1. The van der Waals surface area contributed by atoms with Crippen molar-refractivity contribution in [2.45, 2.75) is 26.8 Å². The summed E-state index contributed by atoms with van der Waals surface area (Å²) in [6.45, 7) is 6.34. The van der Waals surface area contributed by atoms with E-state index in [4.69, 9.17) is 11.6 Å². The van der Waals surface area contributed by atoms with Gasteiger partial charge in [-0.05, 0) is 56.8 Å². The molecule has 0 heterocycles. The SMILES string of the molecule is CCN(CC(=O)Nc1ccccc1C(=O)Nc1ccc(Cl)cc1)CC(=O)NC(C)C. The van der Waals surface area contributed by atoms with Gasteiger partial charge in [-0.25, -0.2) is 0 Å². The van der Waals surface area contributed by atoms with E-state index < -0.39 is 0 Å². The first kappa shape index (κ1) is 23.4. The maximum absolute atomic E-state index is 12.7. The van der Waals surface area contributed by atoms with E-state index in [-0.39, 0.29) is 36.9 Å². The molecule has 0 unspecified atom stereocenters. The van der Waals surface area contributed by atoms with Gasteiger partial charge < -0.3 is 16.0 Å². The van der Waals surface area contributed by atoms with E-state index >= 15 is 0 Å². The molecule has 0 radical (unpaired) electrons. The van der Waals surface area contributed by atoms with Crippen LogP contribution in [0.4, 0.5) is 11.4 Å². The molecule has 0 atom stereocenters. The van der Waals surface area contributed by atoms with E-state index in [0.717, 1.165) is 0 Å². The fraction of sp³-hybridized carbons (Fsp3) is 0.318. The first-order valence-corrected chi connectivity index (χ1v) is 10.1. The van der Waals surface area contributed by atoms with Gasteiger partial charge in [0.25, 0.3) is 5.91 Å². The monoisotopic (exact) mass is 430 g/mol. The molecule has 8 heteroatoms. The molecule has 0 saturated heterocycles. The molecule has 0 aromatic heterocycles. The third-order valence-electron chi connectivity index (χ3n) is 4.18. The summed E-state index contributed by atoms with van der Waals surface area (Å²) in [5.41, 5.74) is 1.33. The van der Waals surface area contributed by atoms with Gasteiger partial charge in [-0.15, -0.1) is 0 Å². The standard InChI is InChI=1S/C22H27ClN4O3/c1-4-27(13-20(28)24-15(2)3)14-21(29)26-19-8-6-5-7-18(19)22(30)25-17-11-9-16(23)10-12-17/h5-12,15H,4,13-14H2,1-3H3,(H,24,28)(H,25,30)(H,26,29). The maximum Gasteiger partial charge on any atom is 0.257 e. The largest absolute Gasteiger partial charge is 0.353 e. The van der Waals surface area contributed by atoms with Crippen LogP contribution in [-0.4, -0.2) is 48.3 Å². The Morgan fingerprint density at radius 3 is 2.20 bits per heavy atom. The van der Waals surface area contributed by atoms with Crippen LogP contribution in [0.15, 0.2) is 48.5 Å². The predicted octanol–water partition coefficient (Wildman–Crippen LogP) is 3.38. The second kappa shape index (κ2) is 11.3. The number of hydrogen-bond donors (Lipinski definition) is 3. The lowest BCUT2D eigenvalue weighted by Gasteiger charge is -2.20. The van der Waals surface area contributed by atoms with Gasteiger partial charge >= 0.3 is 0 Å². The second-order valence-corrected chi connectivity index (χ2v) is 7.52. The summed E-state index contributed by atoms with van der Waals surface area (Å²) in [5, 5.41) is 8.93. The number of para-hydroxylation sites is 1. The Labute approximate surface area is 181 Å². The molecule has 0 aliphatic carbocycles. The van der Waals surface area contributed by atoms with Gasteiger partial charge in [0.15, 0.2) is 0 Å². The number of nitrogens with one attached hydrogen (secondary N) is 3. The van der Waals surface area contributed by atoms with E-state index in [0.29, 0.717) is 28.5 Å². The predicted molar refractivity (Wildman–Crippen MR) is 120 cm³/mol. The molecular formula is C22H27ClN4O3. The van der Waals surface area contributed by atoms with Crippen LogP contribution in [0.2, 0.25) is 5.02 Å². The van der Waals surface area contributed by atoms with Gasteiger partial charge in [-0.1, -0.05) is 30.7 Å². The van der Waals surface area contributed by atoms with E-state index in [1.165, 1.54) is 0 Å². The van der Waals surface area contributed by atoms with Crippen molar-refractivity contribution in [3.05, 3.63) is 59.1 Å². The zero-order valence-corrected chi connectivity index (χ0v) is 18.1. The minimum absolute atomic E-state index is 0.0369. The molecular weight excluding hydrogens is 404 g/mol. The molecule has 30 heavy (non-hydrogen) atoms. The van der Waals surface area contributed by atoms with Crippen molar-refractivity contribution in [1.29, 1.82) is 0 Å². The van der Waals surface area contributed by atoms with E-state index in [2.05, 4.69) is 16.0 Å². The van der Waals surface area contributed by atoms with Crippen molar-refractivity contribution in [2.24, 2.45) is 0 Å². The lowest BCUT2D eigenvalue weighted by Crippen LogP contribution is -2.42. The molecule has 7 nitrogen and oxygen atoms in total. The van der Waals surface area contributed by atoms with Crippen molar-refractivity contribution >= 4 is 40.7 Å². The highest BCUT2D eigenvalue weighted by molar-refractivity contribution is 6.30. The lowest BCUT2D eigenvalue weighted by molar-refractivity contribution is -0.123. The van der Waals surface area contributed by atoms with Crippen LogP contribution >= 0.6 is 11.6 Å². The molecule has 0 saturated carbocycles. The van der Waals surface area contributed by atoms with Crippen LogP contribution in [-0.2, 0) is 9.59 Å². The van der Waals surface area contributed by atoms with Crippen molar-refractivity contribution in [3.63, 3.8) is 0 Å². The number of benzene rings is 2. The molecule has 0 spiro atoms. The summed E-state index contributed by atoms with van der Waals surface area (Å²) >= 11 is 5.87. The minimum atomic E-state index is -0.350. The van der Waals surface area contributed by atoms with Gasteiger partial charge in [0.05, 0.1) is 24.3 Å². The van der Waals surface area contributed by atoms with Gasteiger partial charge in [0, 0.05) is 16.8 Å². The van der Waals surface area contributed by atoms with Crippen LogP contribution in [0.5, 0.6) is 0 Å². The fourth-order valence-corrected chi connectivity index (χ4v) is 2.89. The Kier molecular flexibility index (Phi) is 8.83. The maximum atomic E-state index is 12.7. The number of anilines is 2. The van der Waals surface area contributed by atoms with Gasteiger partial charge in [-0.3, -0.25) is 19.3 Å². The van der Waals surface area contributed by atoms with Crippen molar-refractivity contribution in [1.82, 2.24) is 10.2 Å². The molecule has 3 amide bonds. The van der Waals surface area contributed by atoms with Gasteiger partial charge in [0.2, 0.25) is 11.8 Å². The molecule has 2 rings (SSSR count). The minimum Gasteiger partial charge on any atom is -0.353 e. The molecule has 3 N–H and O–H groups in total. The van der Waals surface area contributed by atoms with Crippen molar-refractivity contribution < 1.29 is 14.4 Å². The van der Waals surface area contributed by atoms with Crippen LogP contribution in [0.3, 0.4) is 0 Å². The summed E-state index contributed by atoms with van der Waals surface area (Å²) < 4.78 is 0. The zero-order valence-electron chi connectivity index (χ0n) is 17.4. The van der Waals surface area contributed by atoms with Gasteiger partial charge in [-0.2, -0.15) is 0 Å². The van der Waals surface area contributed by atoms with Crippen LogP contribution in [0.1, 0.15) is 31.1 Å². The topological polar surface area (TPSA) is 90.5 Å². The number of hydrogen-bond acceptors (Lipinski definition) is 4. The summed E-state index contributed by atoms with van der Waals surface area (Å²) in [7, 11) is 0. The molecule has 0 bridgehead atoms. The summed E-state index contributed by atoms with van der Waals surface area (Å²) in [5.74, 6) is -0.791. The van der Waals surface area contributed by atoms with Crippen molar-refractivity contribution in [2.75, 3.05) is 30.3 Å². The highest BCUT2D eigenvalue weighted by Crippen LogP contribution is 2.19. The van der Waals surface area contributed by atoms with E-state index in [9.17, 15) is 14.4 Å². The molecule has 2 aromatic carbocycles. The normalized spacial score (nSPS) is 10.7. The van der Waals surface area contributed by atoms with Crippen LogP contribution in [0.25, 0.3) is 0 Å². The molecule has 160 valence electrons. The Bertz CT molecular complexity index is 884.